The molecule has 0 radical (unpaired) electrons. The van der Waals surface area contributed by atoms with Crippen molar-refractivity contribution in [3.8, 4) is 11.1 Å². The largest absolute Gasteiger partial charge is 0.276 e. The Hall–Kier alpha value is -4.28. The number of aryl methyl sites for hydroxylation is 2. The number of rotatable bonds is 22. The minimum absolute atomic E-state index is 0.159. The van der Waals surface area contributed by atoms with Crippen molar-refractivity contribution in [3.63, 3.8) is 0 Å². The average molecular weight is 783 g/mol. The summed E-state index contributed by atoms with van der Waals surface area (Å²) in [6.07, 6.45) is 19.2. The zero-order valence-corrected chi connectivity index (χ0v) is 34.6. The Bertz CT molecular complexity index is 2130. The summed E-state index contributed by atoms with van der Waals surface area (Å²) in [6.45, 7) is 8.31. The summed E-state index contributed by atoms with van der Waals surface area (Å²) in [5.41, 5.74) is 7.95. The van der Waals surface area contributed by atoms with Gasteiger partial charge in [0.05, 0.1) is 22.2 Å². The van der Waals surface area contributed by atoms with E-state index in [0.717, 1.165) is 71.9 Å². The van der Waals surface area contributed by atoms with Gasteiger partial charge in [0, 0.05) is 5.41 Å². The van der Waals surface area contributed by atoms with E-state index in [2.05, 4.69) is 51.9 Å². The molecule has 0 spiro atoms. The molecule has 5 rings (SSSR count). The summed E-state index contributed by atoms with van der Waals surface area (Å²) < 4.78 is 52.3. The SMILES string of the molecule is CCCCCCCCC1(CCCCCCCC)c2cc(/C=N/NS(=O)(=O)c3ccc(C)cc3)ccc2-c2cccc(/C=N/NS(=O)(=O)c3ccc(C)cc3)c21. The van der Waals surface area contributed by atoms with Crippen LogP contribution in [0.2, 0.25) is 0 Å². The lowest BCUT2D eigenvalue weighted by atomic mass is 9.69. The molecule has 0 atom stereocenters. The Balaban J connectivity index is 1.52. The molecule has 8 nitrogen and oxygen atoms in total. The first-order valence-corrected chi connectivity index (χ1v) is 23.0. The van der Waals surface area contributed by atoms with E-state index in [-0.39, 0.29) is 15.2 Å². The number of hydrogen-bond acceptors (Lipinski definition) is 6. The third kappa shape index (κ3) is 10.7. The van der Waals surface area contributed by atoms with E-state index >= 15 is 0 Å². The number of nitrogens with zero attached hydrogens (tertiary/aromatic N) is 2. The van der Waals surface area contributed by atoms with Gasteiger partial charge in [0.15, 0.2) is 0 Å². The van der Waals surface area contributed by atoms with E-state index in [1.165, 1.54) is 62.5 Å². The summed E-state index contributed by atoms with van der Waals surface area (Å²) in [7, 11) is -7.68. The first-order valence-electron chi connectivity index (χ1n) is 20.0. The molecule has 1 aliphatic carbocycles. The van der Waals surface area contributed by atoms with Crippen molar-refractivity contribution < 1.29 is 16.8 Å². The fourth-order valence-electron chi connectivity index (χ4n) is 7.78. The standard InChI is InChI=1S/C45H58N4O4S2/c1-5-7-9-11-13-15-30-45(31-16-14-12-10-8-6-2)43-32-37(33-46-48-54(50,51)39-25-20-35(3)21-26-39)24-29-41(43)42-19-17-18-38(44(42)45)34-47-49-55(52,53)40-27-22-36(4)23-28-40/h17-29,32-34,48-49H,5-16,30-31H2,1-4H3/b46-33+,47-34+. The highest BCUT2D eigenvalue weighted by Crippen LogP contribution is 2.55. The lowest BCUT2D eigenvalue weighted by Crippen LogP contribution is -2.27. The molecule has 0 bridgehead atoms. The first-order chi connectivity index (χ1) is 26.5. The van der Waals surface area contributed by atoms with Crippen molar-refractivity contribution in [3.05, 3.63) is 118 Å². The van der Waals surface area contributed by atoms with Crippen molar-refractivity contribution in [1.82, 2.24) is 9.66 Å². The zero-order chi connectivity index (χ0) is 39.3. The highest BCUT2D eigenvalue weighted by atomic mass is 32.2. The van der Waals surface area contributed by atoms with Gasteiger partial charge >= 0.3 is 0 Å². The summed E-state index contributed by atoms with van der Waals surface area (Å²) in [5, 5.41) is 8.54. The molecule has 0 heterocycles. The van der Waals surface area contributed by atoms with Crippen molar-refractivity contribution in [2.24, 2.45) is 10.2 Å². The third-order valence-electron chi connectivity index (χ3n) is 10.8. The topological polar surface area (TPSA) is 117 Å². The molecule has 10 heteroatoms. The molecule has 0 unspecified atom stereocenters. The second-order valence-electron chi connectivity index (χ2n) is 15.0. The monoisotopic (exact) mass is 782 g/mol. The number of hydrazone groups is 2. The minimum atomic E-state index is -3.85. The predicted molar refractivity (Wildman–Crippen MR) is 227 cm³/mol. The van der Waals surface area contributed by atoms with Crippen LogP contribution in [0.3, 0.4) is 0 Å². The first kappa shape index (κ1) is 41.9. The molecule has 0 amide bonds. The Morgan fingerprint density at radius 2 is 1.05 bits per heavy atom. The van der Waals surface area contributed by atoms with E-state index in [4.69, 9.17) is 0 Å². The lowest BCUT2D eigenvalue weighted by Gasteiger charge is -2.34. The van der Waals surface area contributed by atoms with Gasteiger partial charge in [-0.2, -0.15) is 27.0 Å². The Kier molecular flexibility index (Phi) is 14.9. The van der Waals surface area contributed by atoms with Crippen LogP contribution in [0.5, 0.6) is 0 Å². The van der Waals surface area contributed by atoms with E-state index < -0.39 is 20.0 Å². The molecule has 1 aliphatic rings. The van der Waals surface area contributed by atoms with E-state index in [9.17, 15) is 16.8 Å². The van der Waals surface area contributed by atoms with E-state index in [0.29, 0.717) is 0 Å². The summed E-state index contributed by atoms with van der Waals surface area (Å²) in [6, 6.07) is 25.9. The summed E-state index contributed by atoms with van der Waals surface area (Å²) >= 11 is 0. The Morgan fingerprint density at radius 3 is 1.58 bits per heavy atom. The number of fused-ring (bicyclic) bond motifs is 3. The van der Waals surface area contributed by atoms with Crippen LogP contribution in [0.25, 0.3) is 11.1 Å². The van der Waals surface area contributed by atoms with Crippen molar-refractivity contribution in [2.75, 3.05) is 0 Å². The average Bonchev–Trinajstić information content (AvgIpc) is 3.44. The van der Waals surface area contributed by atoms with Crippen LogP contribution in [0.4, 0.5) is 0 Å². The van der Waals surface area contributed by atoms with Gasteiger partial charge in [-0.05, 0) is 90.4 Å². The maximum atomic E-state index is 13.2. The molecule has 4 aromatic rings. The zero-order valence-electron chi connectivity index (χ0n) is 33.0. The maximum Gasteiger partial charge on any atom is 0.276 e. The van der Waals surface area contributed by atoms with E-state index in [1.54, 1.807) is 61.0 Å². The summed E-state index contributed by atoms with van der Waals surface area (Å²) in [4.78, 5) is 5.17. The van der Waals surface area contributed by atoms with Crippen LogP contribution in [0.15, 0.2) is 105 Å². The van der Waals surface area contributed by atoms with Gasteiger partial charge in [0.1, 0.15) is 0 Å². The maximum absolute atomic E-state index is 13.2. The van der Waals surface area contributed by atoms with Crippen LogP contribution in [-0.2, 0) is 25.5 Å². The van der Waals surface area contributed by atoms with Gasteiger partial charge in [-0.1, -0.05) is 157 Å². The van der Waals surface area contributed by atoms with Crippen molar-refractivity contribution in [1.29, 1.82) is 0 Å². The molecule has 0 aliphatic heterocycles. The molecular weight excluding hydrogens is 725 g/mol. The normalized spacial score (nSPS) is 13.7. The van der Waals surface area contributed by atoms with Crippen LogP contribution in [-0.4, -0.2) is 29.3 Å². The van der Waals surface area contributed by atoms with Crippen LogP contribution < -0.4 is 9.66 Å². The van der Waals surface area contributed by atoms with Gasteiger partial charge in [-0.25, -0.2) is 9.66 Å². The predicted octanol–water partition coefficient (Wildman–Crippen LogP) is 10.7. The second-order valence-corrected chi connectivity index (χ2v) is 18.3. The summed E-state index contributed by atoms with van der Waals surface area (Å²) in [5.74, 6) is 0. The van der Waals surface area contributed by atoms with Crippen LogP contribution >= 0.6 is 0 Å². The molecule has 0 fully saturated rings. The molecule has 0 saturated carbocycles. The van der Waals surface area contributed by atoms with Gasteiger partial charge in [0.2, 0.25) is 0 Å². The fourth-order valence-corrected chi connectivity index (χ4v) is 9.36. The highest BCUT2D eigenvalue weighted by Gasteiger charge is 2.43. The quantitative estimate of drug-likeness (QED) is 0.0469. The van der Waals surface area contributed by atoms with Gasteiger partial charge < -0.3 is 0 Å². The Labute approximate surface area is 330 Å². The molecule has 294 valence electrons. The highest BCUT2D eigenvalue weighted by molar-refractivity contribution is 7.89. The number of sulfonamides is 2. The number of benzene rings is 4. The lowest BCUT2D eigenvalue weighted by molar-refractivity contribution is 0.397. The Morgan fingerprint density at radius 1 is 0.564 bits per heavy atom. The van der Waals surface area contributed by atoms with E-state index in [1.807, 2.05) is 32.0 Å². The van der Waals surface area contributed by atoms with Gasteiger partial charge in [-0.15, -0.1) is 0 Å². The number of nitrogens with one attached hydrogen (secondary N) is 2. The molecule has 4 aromatic carbocycles. The molecule has 55 heavy (non-hydrogen) atoms. The van der Waals surface area contributed by atoms with Crippen LogP contribution in [0.1, 0.15) is 137 Å². The third-order valence-corrected chi connectivity index (χ3v) is 13.2. The van der Waals surface area contributed by atoms with Gasteiger partial charge in [0.25, 0.3) is 20.0 Å². The van der Waals surface area contributed by atoms with Crippen LogP contribution in [0, 0.1) is 13.8 Å². The smallest absolute Gasteiger partial charge is 0.200 e. The molecule has 0 aromatic heterocycles. The number of hydrogen-bond donors (Lipinski definition) is 2. The molecule has 0 saturated heterocycles. The van der Waals surface area contributed by atoms with Crippen molar-refractivity contribution >= 4 is 32.5 Å². The van der Waals surface area contributed by atoms with Crippen molar-refractivity contribution in [2.45, 2.75) is 133 Å². The van der Waals surface area contributed by atoms with Gasteiger partial charge in [-0.3, -0.25) is 0 Å². The molecule has 2 N–H and O–H groups in total. The fraction of sp³-hybridized carbons (Fsp3) is 0.422. The molecular formula is C45H58N4O4S2. The second kappa shape index (κ2) is 19.5. The number of unbranched alkanes of at least 4 members (excludes halogenated alkanes) is 10. The minimum Gasteiger partial charge on any atom is -0.200 e.